The zero-order valence-corrected chi connectivity index (χ0v) is 10.4. The van der Waals surface area contributed by atoms with Crippen molar-refractivity contribution in [3.8, 4) is 0 Å². The van der Waals surface area contributed by atoms with E-state index in [1.165, 1.54) is 0 Å². The third-order valence-corrected chi connectivity index (χ3v) is 3.62. The van der Waals surface area contributed by atoms with Gasteiger partial charge in [0.05, 0.1) is 14.7 Å². The topological polar surface area (TPSA) is 38.9 Å². The van der Waals surface area contributed by atoms with Crippen molar-refractivity contribution in [3.63, 3.8) is 0 Å². The lowest BCUT2D eigenvalue weighted by Gasteiger charge is -1.92. The van der Waals surface area contributed by atoms with Crippen molar-refractivity contribution in [1.82, 2.24) is 4.98 Å². The SMILES string of the molecule is NCCc1nc2c(Cl)cc(Br)cc2s1. The van der Waals surface area contributed by atoms with Crippen LogP contribution >= 0.6 is 38.9 Å². The van der Waals surface area contributed by atoms with Gasteiger partial charge in [0.2, 0.25) is 0 Å². The molecule has 1 aromatic carbocycles. The summed E-state index contributed by atoms with van der Waals surface area (Å²) in [4.78, 5) is 4.43. The highest BCUT2D eigenvalue weighted by Crippen LogP contribution is 2.31. The summed E-state index contributed by atoms with van der Waals surface area (Å²) in [7, 11) is 0. The summed E-state index contributed by atoms with van der Waals surface area (Å²) in [6.07, 6.45) is 0.813. The van der Waals surface area contributed by atoms with Gasteiger partial charge in [0.1, 0.15) is 5.52 Å². The van der Waals surface area contributed by atoms with Crippen LogP contribution in [0.1, 0.15) is 5.01 Å². The molecule has 0 amide bonds. The number of nitrogens with two attached hydrogens (primary N) is 1. The first-order valence-corrected chi connectivity index (χ1v) is 6.14. The third-order valence-electron chi connectivity index (χ3n) is 1.82. The molecule has 2 N–H and O–H groups in total. The predicted octanol–water partition coefficient (Wildman–Crippen LogP) is 3.21. The molecule has 0 spiro atoms. The summed E-state index contributed by atoms with van der Waals surface area (Å²) in [6.45, 7) is 0.624. The van der Waals surface area contributed by atoms with Crippen molar-refractivity contribution in [1.29, 1.82) is 0 Å². The molecule has 1 aromatic heterocycles. The Kier molecular flexibility index (Phi) is 3.07. The van der Waals surface area contributed by atoms with Crippen molar-refractivity contribution in [2.75, 3.05) is 6.54 Å². The molecular weight excluding hydrogens is 284 g/mol. The van der Waals surface area contributed by atoms with E-state index in [1.54, 1.807) is 11.3 Å². The molecule has 0 radical (unpaired) electrons. The normalized spacial score (nSPS) is 11.1. The summed E-state index contributed by atoms with van der Waals surface area (Å²) in [5.41, 5.74) is 6.35. The number of fused-ring (bicyclic) bond motifs is 1. The van der Waals surface area contributed by atoms with Gasteiger partial charge in [0.15, 0.2) is 0 Å². The maximum Gasteiger partial charge on any atom is 0.100 e. The first-order chi connectivity index (χ1) is 6.70. The lowest BCUT2D eigenvalue weighted by Crippen LogP contribution is -2.01. The molecule has 2 aromatic rings. The van der Waals surface area contributed by atoms with Crippen molar-refractivity contribution in [2.24, 2.45) is 5.73 Å². The fourth-order valence-corrected chi connectivity index (χ4v) is 3.34. The Hall–Kier alpha value is -0.160. The van der Waals surface area contributed by atoms with Crippen LogP contribution in [0.15, 0.2) is 16.6 Å². The quantitative estimate of drug-likeness (QED) is 0.923. The Morgan fingerprint density at radius 1 is 1.50 bits per heavy atom. The van der Waals surface area contributed by atoms with Gasteiger partial charge in [0.25, 0.3) is 0 Å². The molecule has 0 aliphatic heterocycles. The van der Waals surface area contributed by atoms with Crippen molar-refractivity contribution < 1.29 is 0 Å². The second-order valence-corrected chi connectivity index (χ2v) is 5.32. The number of aromatic nitrogens is 1. The Bertz CT molecular complexity index is 469. The van der Waals surface area contributed by atoms with Crippen LogP contribution in [-0.4, -0.2) is 11.5 Å². The summed E-state index contributed by atoms with van der Waals surface area (Å²) >= 11 is 11.1. The third kappa shape index (κ3) is 1.93. The number of benzene rings is 1. The van der Waals surface area contributed by atoms with Crippen LogP contribution in [0.4, 0.5) is 0 Å². The van der Waals surface area contributed by atoms with E-state index in [9.17, 15) is 0 Å². The Balaban J connectivity index is 2.58. The van der Waals surface area contributed by atoms with E-state index < -0.39 is 0 Å². The van der Waals surface area contributed by atoms with Crippen molar-refractivity contribution >= 4 is 49.1 Å². The number of hydrogen-bond donors (Lipinski definition) is 1. The Morgan fingerprint density at radius 2 is 2.29 bits per heavy atom. The maximum absolute atomic E-state index is 6.06. The van der Waals surface area contributed by atoms with E-state index in [1.807, 2.05) is 12.1 Å². The van der Waals surface area contributed by atoms with Crippen molar-refractivity contribution in [2.45, 2.75) is 6.42 Å². The van der Waals surface area contributed by atoms with E-state index in [0.717, 1.165) is 26.1 Å². The lowest BCUT2D eigenvalue weighted by molar-refractivity contribution is 0.958. The lowest BCUT2D eigenvalue weighted by atomic mass is 10.3. The predicted molar refractivity (Wildman–Crippen MR) is 65.1 cm³/mol. The van der Waals surface area contributed by atoms with E-state index >= 15 is 0 Å². The van der Waals surface area contributed by atoms with Gasteiger partial charge in [-0.25, -0.2) is 4.98 Å². The molecule has 0 aliphatic rings. The zero-order valence-electron chi connectivity index (χ0n) is 7.26. The van der Waals surface area contributed by atoms with E-state index in [4.69, 9.17) is 17.3 Å². The molecular formula is C9H8BrClN2S. The van der Waals surface area contributed by atoms with Crippen LogP contribution in [0.25, 0.3) is 10.2 Å². The molecule has 0 unspecified atom stereocenters. The van der Waals surface area contributed by atoms with Crippen LogP contribution in [0.5, 0.6) is 0 Å². The number of hydrogen-bond acceptors (Lipinski definition) is 3. The van der Waals surface area contributed by atoms with Crippen LogP contribution in [0.2, 0.25) is 5.02 Å². The van der Waals surface area contributed by atoms with Crippen LogP contribution in [0, 0.1) is 0 Å². The molecule has 0 saturated heterocycles. The fraction of sp³-hybridized carbons (Fsp3) is 0.222. The summed E-state index contributed by atoms with van der Waals surface area (Å²) in [5.74, 6) is 0. The van der Waals surface area contributed by atoms with Gasteiger partial charge < -0.3 is 5.73 Å². The summed E-state index contributed by atoms with van der Waals surface area (Å²) < 4.78 is 2.09. The summed E-state index contributed by atoms with van der Waals surface area (Å²) in [5, 5.41) is 1.73. The molecule has 5 heteroatoms. The van der Waals surface area contributed by atoms with Crippen LogP contribution < -0.4 is 5.73 Å². The van der Waals surface area contributed by atoms with Gasteiger partial charge in [-0.3, -0.25) is 0 Å². The standard InChI is InChI=1S/C9H8BrClN2S/c10-5-3-6(11)9-7(4-5)14-8(13-9)1-2-12/h3-4H,1-2,12H2. The van der Waals surface area contributed by atoms with E-state index in [2.05, 4.69) is 20.9 Å². The maximum atomic E-state index is 6.06. The Labute approximate surface area is 99.2 Å². The molecule has 2 nitrogen and oxygen atoms in total. The molecule has 0 atom stereocenters. The molecule has 2 rings (SSSR count). The van der Waals surface area contributed by atoms with Gasteiger partial charge in [-0.05, 0) is 18.7 Å². The minimum atomic E-state index is 0.624. The number of rotatable bonds is 2. The first-order valence-electron chi connectivity index (χ1n) is 4.15. The fourth-order valence-electron chi connectivity index (χ4n) is 1.23. The second kappa shape index (κ2) is 4.14. The molecule has 0 saturated carbocycles. The average molecular weight is 292 g/mol. The van der Waals surface area contributed by atoms with Gasteiger partial charge in [0, 0.05) is 10.9 Å². The monoisotopic (exact) mass is 290 g/mol. The minimum Gasteiger partial charge on any atom is -0.330 e. The molecule has 14 heavy (non-hydrogen) atoms. The highest BCUT2D eigenvalue weighted by atomic mass is 79.9. The molecule has 1 heterocycles. The average Bonchev–Trinajstić information content (AvgIpc) is 2.48. The van der Waals surface area contributed by atoms with Crippen LogP contribution in [0.3, 0.4) is 0 Å². The van der Waals surface area contributed by atoms with Gasteiger partial charge in [-0.2, -0.15) is 0 Å². The second-order valence-electron chi connectivity index (χ2n) is 2.88. The van der Waals surface area contributed by atoms with E-state index in [0.29, 0.717) is 11.6 Å². The number of nitrogens with zero attached hydrogens (tertiary/aromatic N) is 1. The highest BCUT2D eigenvalue weighted by Gasteiger charge is 2.07. The van der Waals surface area contributed by atoms with Gasteiger partial charge >= 0.3 is 0 Å². The van der Waals surface area contributed by atoms with Gasteiger partial charge in [-0.1, -0.05) is 27.5 Å². The molecule has 74 valence electrons. The highest BCUT2D eigenvalue weighted by molar-refractivity contribution is 9.10. The van der Waals surface area contributed by atoms with Gasteiger partial charge in [-0.15, -0.1) is 11.3 Å². The summed E-state index contributed by atoms with van der Waals surface area (Å²) in [6, 6.07) is 3.88. The molecule has 0 fully saturated rings. The van der Waals surface area contributed by atoms with Crippen LogP contribution in [-0.2, 0) is 6.42 Å². The smallest absolute Gasteiger partial charge is 0.100 e. The largest absolute Gasteiger partial charge is 0.330 e. The van der Waals surface area contributed by atoms with E-state index in [-0.39, 0.29) is 0 Å². The minimum absolute atomic E-state index is 0.624. The number of halogens is 2. The van der Waals surface area contributed by atoms with Crippen molar-refractivity contribution in [3.05, 3.63) is 26.6 Å². The molecule has 0 bridgehead atoms. The Morgan fingerprint density at radius 3 is 3.00 bits per heavy atom. The number of thiazole rings is 1. The molecule has 0 aliphatic carbocycles. The zero-order chi connectivity index (χ0) is 10.1. The first kappa shape index (κ1) is 10.4.